The molecule has 3 amide bonds. The molecule has 8 nitrogen and oxygen atoms in total. The second-order valence-electron chi connectivity index (χ2n) is 10.2. The summed E-state index contributed by atoms with van der Waals surface area (Å²) in [6.45, 7) is 7.48. The molecule has 0 aliphatic carbocycles. The molecule has 2 aromatic rings. The van der Waals surface area contributed by atoms with Crippen LogP contribution in [-0.4, -0.2) is 48.5 Å². The van der Waals surface area contributed by atoms with E-state index in [9.17, 15) is 14.4 Å². The van der Waals surface area contributed by atoms with Crippen molar-refractivity contribution >= 4 is 34.9 Å². The number of amides is 3. The molecule has 0 radical (unpaired) electrons. The number of rotatable bonds is 9. The summed E-state index contributed by atoms with van der Waals surface area (Å²) in [5.74, 6) is -0.230. The Morgan fingerprint density at radius 3 is 1.95 bits per heavy atom. The zero-order valence-corrected chi connectivity index (χ0v) is 22.2. The highest BCUT2D eigenvalue weighted by molar-refractivity contribution is 5.93. The van der Waals surface area contributed by atoms with Gasteiger partial charge >= 0.3 is 6.09 Å². The average molecular weight is 507 g/mol. The van der Waals surface area contributed by atoms with Gasteiger partial charge in [-0.05, 0) is 81.6 Å². The summed E-state index contributed by atoms with van der Waals surface area (Å²) < 4.78 is 5.44. The van der Waals surface area contributed by atoms with Crippen LogP contribution >= 0.6 is 0 Å². The molecule has 3 N–H and O–H groups in total. The SMILES string of the molecule is CNCc1ccc(NC(=O)CCCC(=O)Nc2ccc(C3=CCN(C(=O)OC(C)(C)C)CC3)cc2)cc1. The van der Waals surface area contributed by atoms with Crippen LogP contribution in [0.3, 0.4) is 0 Å². The zero-order valence-electron chi connectivity index (χ0n) is 22.2. The predicted octanol–water partition coefficient (Wildman–Crippen LogP) is 5.18. The summed E-state index contributed by atoms with van der Waals surface area (Å²) in [6, 6.07) is 15.4. The topological polar surface area (TPSA) is 99.8 Å². The Morgan fingerprint density at radius 2 is 1.46 bits per heavy atom. The van der Waals surface area contributed by atoms with Gasteiger partial charge in [-0.1, -0.05) is 30.3 Å². The second-order valence-corrected chi connectivity index (χ2v) is 10.2. The average Bonchev–Trinajstić information content (AvgIpc) is 2.85. The van der Waals surface area contributed by atoms with Crippen molar-refractivity contribution in [2.24, 2.45) is 0 Å². The Hall–Kier alpha value is -3.65. The normalized spacial score (nSPS) is 13.5. The highest BCUT2D eigenvalue weighted by Gasteiger charge is 2.23. The van der Waals surface area contributed by atoms with E-state index in [-0.39, 0.29) is 30.7 Å². The minimum absolute atomic E-state index is 0.107. The third-order valence-corrected chi connectivity index (χ3v) is 5.83. The van der Waals surface area contributed by atoms with Crippen LogP contribution in [0.5, 0.6) is 0 Å². The second kappa shape index (κ2) is 13.1. The van der Waals surface area contributed by atoms with E-state index in [1.54, 1.807) is 4.90 Å². The van der Waals surface area contributed by atoms with E-state index in [1.165, 1.54) is 5.57 Å². The summed E-state index contributed by atoms with van der Waals surface area (Å²) in [7, 11) is 1.89. The van der Waals surface area contributed by atoms with Crippen LogP contribution < -0.4 is 16.0 Å². The molecule has 3 rings (SSSR count). The lowest BCUT2D eigenvalue weighted by atomic mass is 9.99. The maximum Gasteiger partial charge on any atom is 0.410 e. The number of carbonyl (C=O) groups is 3. The van der Waals surface area contributed by atoms with Gasteiger partial charge in [-0.3, -0.25) is 9.59 Å². The maximum atomic E-state index is 12.3. The van der Waals surface area contributed by atoms with Gasteiger partial charge in [0.1, 0.15) is 5.60 Å². The first-order valence-electron chi connectivity index (χ1n) is 12.7. The monoisotopic (exact) mass is 506 g/mol. The molecule has 0 atom stereocenters. The van der Waals surface area contributed by atoms with Gasteiger partial charge in [0.05, 0.1) is 0 Å². The van der Waals surface area contributed by atoms with Crippen molar-refractivity contribution in [3.63, 3.8) is 0 Å². The number of nitrogens with one attached hydrogen (secondary N) is 3. The molecule has 8 heteroatoms. The molecular weight excluding hydrogens is 468 g/mol. The van der Waals surface area contributed by atoms with E-state index in [0.29, 0.717) is 25.2 Å². The Labute approximate surface area is 219 Å². The van der Waals surface area contributed by atoms with Crippen LogP contribution in [0, 0.1) is 0 Å². The molecule has 2 aromatic carbocycles. The van der Waals surface area contributed by atoms with Crippen molar-refractivity contribution in [1.29, 1.82) is 0 Å². The van der Waals surface area contributed by atoms with Crippen molar-refractivity contribution < 1.29 is 19.1 Å². The Kier molecular flexibility index (Phi) is 9.85. The number of ether oxygens (including phenoxy) is 1. The number of benzene rings is 2. The fourth-order valence-corrected chi connectivity index (χ4v) is 3.96. The molecule has 0 aromatic heterocycles. The maximum absolute atomic E-state index is 12.3. The molecule has 198 valence electrons. The molecule has 0 unspecified atom stereocenters. The summed E-state index contributed by atoms with van der Waals surface area (Å²) in [5, 5.41) is 8.84. The quantitative estimate of drug-likeness (QED) is 0.435. The first kappa shape index (κ1) is 27.9. The summed E-state index contributed by atoms with van der Waals surface area (Å²) in [4.78, 5) is 38.4. The molecule has 1 heterocycles. The van der Waals surface area contributed by atoms with Crippen LogP contribution in [0.4, 0.5) is 16.2 Å². The van der Waals surface area contributed by atoms with Gasteiger partial charge in [-0.15, -0.1) is 0 Å². The number of hydrogen-bond acceptors (Lipinski definition) is 5. The zero-order chi connectivity index (χ0) is 26.8. The van der Waals surface area contributed by atoms with Crippen LogP contribution in [0.2, 0.25) is 0 Å². The fourth-order valence-electron chi connectivity index (χ4n) is 3.96. The standard InChI is InChI=1S/C29H38N4O4/c1-29(2,3)37-28(36)33-18-16-23(17-19-33)22-10-14-25(15-11-22)32-27(35)7-5-6-26(34)31-24-12-8-21(9-13-24)20-30-4/h8-16,30H,5-7,17-20H2,1-4H3,(H,31,34)(H,32,35). The summed E-state index contributed by atoms with van der Waals surface area (Å²) in [6.07, 6.45) is 3.50. The molecule has 0 spiro atoms. The van der Waals surface area contributed by atoms with Crippen molar-refractivity contribution in [2.45, 2.75) is 58.6 Å². The van der Waals surface area contributed by atoms with E-state index < -0.39 is 5.60 Å². The number of carbonyl (C=O) groups excluding carboxylic acids is 3. The molecule has 1 aliphatic heterocycles. The smallest absolute Gasteiger partial charge is 0.410 e. The van der Waals surface area contributed by atoms with Crippen LogP contribution in [0.1, 0.15) is 57.6 Å². The van der Waals surface area contributed by atoms with Crippen LogP contribution in [-0.2, 0) is 20.9 Å². The molecular formula is C29H38N4O4. The predicted molar refractivity (Wildman–Crippen MR) is 147 cm³/mol. The van der Waals surface area contributed by atoms with Gasteiger partial charge in [0, 0.05) is 43.9 Å². The third-order valence-electron chi connectivity index (χ3n) is 5.83. The molecule has 0 saturated heterocycles. The fraction of sp³-hybridized carbons (Fsp3) is 0.414. The number of anilines is 2. The van der Waals surface area contributed by atoms with Crippen molar-refractivity contribution in [3.8, 4) is 0 Å². The van der Waals surface area contributed by atoms with E-state index in [0.717, 1.165) is 29.8 Å². The molecule has 0 saturated carbocycles. The lowest BCUT2D eigenvalue weighted by Gasteiger charge is -2.29. The first-order valence-corrected chi connectivity index (χ1v) is 12.7. The lowest BCUT2D eigenvalue weighted by Crippen LogP contribution is -2.39. The van der Waals surface area contributed by atoms with Gasteiger partial charge in [0.2, 0.25) is 11.8 Å². The molecule has 37 heavy (non-hydrogen) atoms. The van der Waals surface area contributed by atoms with Gasteiger partial charge in [0.25, 0.3) is 0 Å². The van der Waals surface area contributed by atoms with E-state index in [4.69, 9.17) is 4.74 Å². The van der Waals surface area contributed by atoms with Crippen molar-refractivity contribution in [2.75, 3.05) is 30.8 Å². The van der Waals surface area contributed by atoms with E-state index in [2.05, 4.69) is 16.0 Å². The molecule has 1 aliphatic rings. The first-order chi connectivity index (χ1) is 17.6. The molecule has 0 fully saturated rings. The largest absolute Gasteiger partial charge is 0.444 e. The Morgan fingerprint density at radius 1 is 0.892 bits per heavy atom. The lowest BCUT2D eigenvalue weighted by molar-refractivity contribution is -0.117. The highest BCUT2D eigenvalue weighted by Crippen LogP contribution is 2.25. The minimum Gasteiger partial charge on any atom is -0.444 e. The van der Waals surface area contributed by atoms with Gasteiger partial charge in [-0.25, -0.2) is 4.79 Å². The van der Waals surface area contributed by atoms with Crippen molar-refractivity contribution in [1.82, 2.24) is 10.2 Å². The van der Waals surface area contributed by atoms with E-state index in [1.807, 2.05) is 82.4 Å². The van der Waals surface area contributed by atoms with Crippen LogP contribution in [0.15, 0.2) is 54.6 Å². The Bertz CT molecular complexity index is 1100. The van der Waals surface area contributed by atoms with Crippen LogP contribution in [0.25, 0.3) is 5.57 Å². The number of nitrogens with zero attached hydrogens (tertiary/aromatic N) is 1. The summed E-state index contributed by atoms with van der Waals surface area (Å²) >= 11 is 0. The minimum atomic E-state index is -0.507. The highest BCUT2D eigenvalue weighted by atomic mass is 16.6. The molecule has 0 bridgehead atoms. The Balaban J connectivity index is 1.39. The van der Waals surface area contributed by atoms with E-state index >= 15 is 0 Å². The van der Waals surface area contributed by atoms with Gasteiger partial charge in [0.15, 0.2) is 0 Å². The van der Waals surface area contributed by atoms with Gasteiger partial charge < -0.3 is 25.6 Å². The third kappa shape index (κ3) is 9.38. The number of hydrogen-bond donors (Lipinski definition) is 3. The van der Waals surface area contributed by atoms with Gasteiger partial charge in [-0.2, -0.15) is 0 Å². The summed E-state index contributed by atoms with van der Waals surface area (Å²) in [5.41, 5.74) is 4.34. The van der Waals surface area contributed by atoms with Crippen molar-refractivity contribution in [3.05, 3.63) is 65.7 Å².